The van der Waals surface area contributed by atoms with Crippen molar-refractivity contribution in [3.05, 3.63) is 71.3 Å². The van der Waals surface area contributed by atoms with E-state index >= 15 is 0 Å². The fourth-order valence-corrected chi connectivity index (χ4v) is 4.44. The molecule has 0 fully saturated rings. The molecule has 2 aromatic rings. The molecule has 0 N–H and O–H groups in total. The normalized spacial score (nSPS) is 14.2. The number of hydrogen-bond donors (Lipinski definition) is 0. The summed E-state index contributed by atoms with van der Waals surface area (Å²) in [6.45, 7) is 4.79. The summed E-state index contributed by atoms with van der Waals surface area (Å²) in [6, 6.07) is 19.7. The molecule has 1 aliphatic carbocycles. The van der Waals surface area contributed by atoms with Gasteiger partial charge < -0.3 is 0 Å². The maximum Gasteiger partial charge on any atom is 0.0803 e. The van der Waals surface area contributed by atoms with Crippen LogP contribution in [0.25, 0.3) is 10.8 Å². The van der Waals surface area contributed by atoms with Crippen molar-refractivity contribution in [2.45, 2.75) is 19.5 Å². The molecule has 0 nitrogen and oxygen atoms in total. The monoisotopic (exact) mass is 249 g/mol. The minimum Gasteiger partial charge on any atom is -0.0671 e. The molecule has 3 rings (SSSR count). The van der Waals surface area contributed by atoms with E-state index in [2.05, 4.69) is 67.7 Å². The third kappa shape index (κ3) is 1.85. The lowest BCUT2D eigenvalue weighted by atomic mass is 10.0. The van der Waals surface area contributed by atoms with Crippen LogP contribution in [0.15, 0.2) is 54.6 Å². The third-order valence-corrected chi connectivity index (χ3v) is 5.15. The van der Waals surface area contributed by atoms with Crippen LogP contribution >= 0.6 is 0 Å². The molecule has 0 bridgehead atoms. The van der Waals surface area contributed by atoms with Crippen LogP contribution in [-0.4, -0.2) is 8.80 Å². The van der Waals surface area contributed by atoms with Crippen LogP contribution in [0.5, 0.6) is 0 Å². The Morgan fingerprint density at radius 2 is 1.50 bits per heavy atom. The van der Waals surface area contributed by atoms with Gasteiger partial charge >= 0.3 is 0 Å². The standard InChI is InChI=1S/C17H17Si/c1-18(2)17-15-11-7-6-10-14(15)12-16(17)13-8-4-3-5-9-13/h3-11H,12H2,1-2H3. The zero-order chi connectivity index (χ0) is 12.5. The summed E-state index contributed by atoms with van der Waals surface area (Å²) in [5, 5.41) is 1.63. The van der Waals surface area contributed by atoms with E-state index in [-0.39, 0.29) is 0 Å². The summed E-state index contributed by atoms with van der Waals surface area (Å²) in [4.78, 5) is 0. The van der Waals surface area contributed by atoms with Crippen molar-refractivity contribution >= 4 is 19.6 Å². The second kappa shape index (κ2) is 4.58. The first-order valence-electron chi connectivity index (χ1n) is 6.45. The summed E-state index contributed by atoms with van der Waals surface area (Å²) in [5.74, 6) is 0. The maximum atomic E-state index is 2.39. The van der Waals surface area contributed by atoms with Gasteiger partial charge in [-0.1, -0.05) is 72.9 Å². The molecular formula is C17H17Si. The first-order valence-corrected chi connectivity index (χ1v) is 8.95. The first-order chi connectivity index (χ1) is 8.77. The number of rotatable bonds is 2. The van der Waals surface area contributed by atoms with Crippen molar-refractivity contribution in [1.29, 1.82) is 0 Å². The van der Waals surface area contributed by atoms with Gasteiger partial charge in [-0.05, 0) is 28.7 Å². The van der Waals surface area contributed by atoms with E-state index in [1.165, 1.54) is 16.7 Å². The Labute approximate surface area is 111 Å². The highest BCUT2D eigenvalue weighted by atomic mass is 28.3. The molecule has 89 valence electrons. The van der Waals surface area contributed by atoms with Gasteiger partial charge in [0.2, 0.25) is 0 Å². The number of hydrogen-bond acceptors (Lipinski definition) is 0. The van der Waals surface area contributed by atoms with E-state index in [9.17, 15) is 0 Å². The third-order valence-electron chi connectivity index (χ3n) is 3.58. The molecule has 18 heavy (non-hydrogen) atoms. The van der Waals surface area contributed by atoms with Gasteiger partial charge in [0.15, 0.2) is 0 Å². The predicted octanol–water partition coefficient (Wildman–Crippen LogP) is 4.45. The summed E-state index contributed by atoms with van der Waals surface area (Å²) in [7, 11) is -0.440. The van der Waals surface area contributed by atoms with E-state index in [0.29, 0.717) is 0 Å². The van der Waals surface area contributed by atoms with E-state index in [1.54, 1.807) is 10.8 Å². The number of fused-ring (bicyclic) bond motifs is 1. The second-order valence-corrected chi connectivity index (χ2v) is 7.55. The van der Waals surface area contributed by atoms with Crippen LogP contribution in [0.2, 0.25) is 13.1 Å². The van der Waals surface area contributed by atoms with Crippen LogP contribution in [-0.2, 0) is 6.42 Å². The molecule has 0 unspecified atom stereocenters. The fourth-order valence-electron chi connectivity index (χ4n) is 2.82. The Morgan fingerprint density at radius 1 is 0.833 bits per heavy atom. The molecule has 0 saturated carbocycles. The predicted molar refractivity (Wildman–Crippen MR) is 80.9 cm³/mol. The molecule has 0 aromatic heterocycles. The largest absolute Gasteiger partial charge is 0.0803 e. The van der Waals surface area contributed by atoms with Gasteiger partial charge in [-0.15, -0.1) is 0 Å². The molecular weight excluding hydrogens is 232 g/mol. The Morgan fingerprint density at radius 3 is 2.22 bits per heavy atom. The minimum atomic E-state index is -0.440. The summed E-state index contributed by atoms with van der Waals surface area (Å²) in [6.07, 6.45) is 1.10. The van der Waals surface area contributed by atoms with Crippen LogP contribution in [0, 0.1) is 0 Å². The van der Waals surface area contributed by atoms with E-state index in [0.717, 1.165) is 6.42 Å². The molecule has 0 spiro atoms. The molecule has 0 saturated heterocycles. The first kappa shape index (κ1) is 11.5. The Kier molecular flexibility index (Phi) is 2.92. The molecule has 1 heteroatoms. The van der Waals surface area contributed by atoms with Gasteiger partial charge in [0.1, 0.15) is 0 Å². The van der Waals surface area contributed by atoms with Crippen LogP contribution in [0.4, 0.5) is 0 Å². The molecule has 1 radical (unpaired) electrons. The highest BCUT2D eigenvalue weighted by Gasteiger charge is 2.24. The Bertz CT molecular complexity index is 594. The summed E-state index contributed by atoms with van der Waals surface area (Å²) < 4.78 is 0. The molecule has 0 atom stereocenters. The Balaban J connectivity index is 2.17. The van der Waals surface area contributed by atoms with Crippen molar-refractivity contribution in [2.75, 3.05) is 0 Å². The van der Waals surface area contributed by atoms with Gasteiger partial charge in [-0.3, -0.25) is 0 Å². The SMILES string of the molecule is C[Si](C)C1=C(c2ccccc2)Cc2ccccc21. The van der Waals surface area contributed by atoms with Gasteiger partial charge in [0, 0.05) is 0 Å². The van der Waals surface area contributed by atoms with Gasteiger partial charge in [-0.25, -0.2) is 0 Å². The van der Waals surface area contributed by atoms with Gasteiger partial charge in [-0.2, -0.15) is 0 Å². The highest BCUT2D eigenvalue weighted by molar-refractivity contribution is 6.79. The number of allylic oxidation sites excluding steroid dienone is 1. The highest BCUT2D eigenvalue weighted by Crippen LogP contribution is 2.39. The zero-order valence-electron chi connectivity index (χ0n) is 10.9. The lowest BCUT2D eigenvalue weighted by molar-refractivity contribution is 1.32. The lowest BCUT2D eigenvalue weighted by Gasteiger charge is -2.11. The van der Waals surface area contributed by atoms with Gasteiger partial charge in [0.05, 0.1) is 8.80 Å². The lowest BCUT2D eigenvalue weighted by Crippen LogP contribution is -2.04. The van der Waals surface area contributed by atoms with Crippen molar-refractivity contribution in [3.63, 3.8) is 0 Å². The van der Waals surface area contributed by atoms with Crippen molar-refractivity contribution in [3.8, 4) is 0 Å². The summed E-state index contributed by atoms with van der Waals surface area (Å²) >= 11 is 0. The maximum absolute atomic E-state index is 2.39. The van der Waals surface area contributed by atoms with E-state index in [1.807, 2.05) is 0 Å². The average molecular weight is 249 g/mol. The molecule has 0 aliphatic heterocycles. The topological polar surface area (TPSA) is 0 Å². The smallest absolute Gasteiger partial charge is 0.0671 e. The summed E-state index contributed by atoms with van der Waals surface area (Å²) in [5.41, 5.74) is 5.94. The van der Waals surface area contributed by atoms with Crippen LogP contribution in [0.1, 0.15) is 16.7 Å². The van der Waals surface area contributed by atoms with Crippen molar-refractivity contribution in [1.82, 2.24) is 0 Å². The fraction of sp³-hybridized carbons (Fsp3) is 0.176. The average Bonchev–Trinajstić information content (AvgIpc) is 2.79. The second-order valence-electron chi connectivity index (χ2n) is 5.05. The molecule has 0 heterocycles. The van der Waals surface area contributed by atoms with Crippen LogP contribution in [0.3, 0.4) is 0 Å². The molecule has 2 aromatic carbocycles. The molecule has 1 aliphatic rings. The van der Waals surface area contributed by atoms with Crippen LogP contribution < -0.4 is 0 Å². The number of benzene rings is 2. The zero-order valence-corrected chi connectivity index (χ0v) is 11.9. The molecule has 0 amide bonds. The quantitative estimate of drug-likeness (QED) is 0.690. The van der Waals surface area contributed by atoms with E-state index in [4.69, 9.17) is 0 Å². The van der Waals surface area contributed by atoms with E-state index < -0.39 is 8.80 Å². The van der Waals surface area contributed by atoms with Gasteiger partial charge in [0.25, 0.3) is 0 Å². The minimum absolute atomic E-state index is 0.440. The van der Waals surface area contributed by atoms with Crippen molar-refractivity contribution in [2.24, 2.45) is 0 Å². The van der Waals surface area contributed by atoms with Crippen molar-refractivity contribution < 1.29 is 0 Å². The Hall–Kier alpha value is -1.60.